The number of hydrogen-bond acceptors (Lipinski definition) is 6. The molecule has 1 aliphatic rings. The average molecular weight is 296 g/mol. The number of ether oxygens (including phenoxy) is 2. The molecule has 0 radical (unpaired) electrons. The van der Waals surface area contributed by atoms with Crippen LogP contribution >= 0.6 is 0 Å². The van der Waals surface area contributed by atoms with Crippen molar-refractivity contribution in [2.24, 2.45) is 5.92 Å². The van der Waals surface area contributed by atoms with Crippen LogP contribution in [0.25, 0.3) is 0 Å². The Balaban J connectivity index is 2.26. The second-order valence-electron chi connectivity index (χ2n) is 5.71. The molecule has 0 aromatic carbocycles. The first-order chi connectivity index (χ1) is 10.0. The summed E-state index contributed by atoms with van der Waals surface area (Å²) in [5.41, 5.74) is 6.39. The molecule has 0 spiro atoms. The molecule has 1 aliphatic heterocycles. The Morgan fingerprint density at radius 2 is 2.19 bits per heavy atom. The molecule has 2 heterocycles. The van der Waals surface area contributed by atoms with Gasteiger partial charge in [-0.25, -0.2) is 9.48 Å². The number of methoxy groups -OCH3 is 1. The van der Waals surface area contributed by atoms with Gasteiger partial charge < -0.3 is 20.5 Å². The number of nitrogens with one attached hydrogen (secondary N) is 1. The maximum absolute atomic E-state index is 12.0. The number of nitrogens with zero attached hydrogens (tertiary/aromatic N) is 2. The molecular formula is C14H24N4O3. The fourth-order valence-electron chi connectivity index (χ4n) is 2.40. The van der Waals surface area contributed by atoms with Gasteiger partial charge >= 0.3 is 5.97 Å². The maximum atomic E-state index is 12.0. The lowest BCUT2D eigenvalue weighted by Gasteiger charge is -2.23. The van der Waals surface area contributed by atoms with E-state index >= 15 is 0 Å². The third-order valence-corrected chi connectivity index (χ3v) is 3.48. The van der Waals surface area contributed by atoms with E-state index in [1.807, 2.05) is 0 Å². The Hall–Kier alpha value is -1.76. The van der Waals surface area contributed by atoms with Crippen LogP contribution in [0, 0.1) is 5.92 Å². The molecule has 0 amide bonds. The standard InChI is InChI=1S/C14H24N4O3/c1-9(2)8-18-12(15)11(14(19)20-3)13(17-18)16-10-4-6-21-7-5-10/h9-10H,4-8,15H2,1-3H3,(H,16,17). The van der Waals surface area contributed by atoms with E-state index < -0.39 is 5.97 Å². The molecule has 21 heavy (non-hydrogen) atoms. The highest BCUT2D eigenvalue weighted by molar-refractivity contribution is 5.99. The Labute approximate surface area is 124 Å². The van der Waals surface area contributed by atoms with Crippen LogP contribution in [0.15, 0.2) is 0 Å². The number of nitrogens with two attached hydrogens (primary N) is 1. The molecular weight excluding hydrogens is 272 g/mol. The summed E-state index contributed by atoms with van der Waals surface area (Å²) in [6.07, 6.45) is 1.77. The average Bonchev–Trinajstić information content (AvgIpc) is 2.75. The minimum absolute atomic E-state index is 0.240. The molecule has 7 heteroatoms. The van der Waals surface area contributed by atoms with E-state index in [4.69, 9.17) is 15.2 Å². The SMILES string of the molecule is COC(=O)c1c(NC2CCOCC2)nn(CC(C)C)c1N. The first kappa shape index (κ1) is 15.6. The molecule has 0 aliphatic carbocycles. The molecule has 0 bridgehead atoms. The fraction of sp³-hybridized carbons (Fsp3) is 0.714. The second-order valence-corrected chi connectivity index (χ2v) is 5.71. The van der Waals surface area contributed by atoms with Crippen molar-refractivity contribution in [1.29, 1.82) is 0 Å². The molecule has 7 nitrogen and oxygen atoms in total. The van der Waals surface area contributed by atoms with Crippen LogP contribution in [0.2, 0.25) is 0 Å². The summed E-state index contributed by atoms with van der Waals surface area (Å²) in [5, 5.41) is 7.76. The summed E-state index contributed by atoms with van der Waals surface area (Å²) in [7, 11) is 1.35. The van der Waals surface area contributed by atoms with Crippen LogP contribution in [0.1, 0.15) is 37.0 Å². The number of anilines is 2. The van der Waals surface area contributed by atoms with Gasteiger partial charge in [-0.1, -0.05) is 13.8 Å². The number of carbonyl (C=O) groups is 1. The number of esters is 1. The van der Waals surface area contributed by atoms with Gasteiger partial charge in [0.25, 0.3) is 0 Å². The monoisotopic (exact) mass is 296 g/mol. The summed E-state index contributed by atoms with van der Waals surface area (Å²) in [4.78, 5) is 12.0. The fourth-order valence-corrected chi connectivity index (χ4v) is 2.40. The molecule has 1 aromatic rings. The number of hydrogen-bond donors (Lipinski definition) is 2. The highest BCUT2D eigenvalue weighted by Gasteiger charge is 2.25. The van der Waals surface area contributed by atoms with E-state index in [1.54, 1.807) is 4.68 Å². The van der Waals surface area contributed by atoms with E-state index in [-0.39, 0.29) is 6.04 Å². The van der Waals surface area contributed by atoms with Crippen molar-refractivity contribution < 1.29 is 14.3 Å². The minimum Gasteiger partial charge on any atom is -0.465 e. The lowest BCUT2D eigenvalue weighted by Crippen LogP contribution is -2.28. The van der Waals surface area contributed by atoms with Crippen molar-refractivity contribution in [3.05, 3.63) is 5.56 Å². The predicted molar refractivity (Wildman–Crippen MR) is 80.3 cm³/mol. The van der Waals surface area contributed by atoms with Crippen LogP contribution in [0.5, 0.6) is 0 Å². The summed E-state index contributed by atoms with van der Waals surface area (Å²) in [6, 6.07) is 0.240. The first-order valence-electron chi connectivity index (χ1n) is 7.31. The van der Waals surface area contributed by atoms with Crippen LogP contribution in [0.3, 0.4) is 0 Å². The highest BCUT2D eigenvalue weighted by atomic mass is 16.5. The molecule has 0 atom stereocenters. The zero-order valence-corrected chi connectivity index (χ0v) is 12.9. The Morgan fingerprint density at radius 1 is 1.52 bits per heavy atom. The molecule has 118 valence electrons. The van der Waals surface area contributed by atoms with Crippen molar-refractivity contribution in [2.75, 3.05) is 31.4 Å². The van der Waals surface area contributed by atoms with Gasteiger partial charge in [0.1, 0.15) is 11.4 Å². The topological polar surface area (TPSA) is 91.4 Å². The lowest BCUT2D eigenvalue weighted by atomic mass is 10.1. The molecule has 3 N–H and O–H groups in total. The van der Waals surface area contributed by atoms with E-state index in [2.05, 4.69) is 24.3 Å². The molecule has 2 rings (SSSR count). The Morgan fingerprint density at radius 3 is 2.76 bits per heavy atom. The van der Waals surface area contributed by atoms with E-state index in [0.29, 0.717) is 42.9 Å². The Bertz CT molecular complexity index is 493. The van der Waals surface area contributed by atoms with Crippen molar-refractivity contribution in [3.8, 4) is 0 Å². The summed E-state index contributed by atoms with van der Waals surface area (Å²) < 4.78 is 11.8. The number of rotatable bonds is 5. The third-order valence-electron chi connectivity index (χ3n) is 3.48. The maximum Gasteiger partial charge on any atom is 0.345 e. The van der Waals surface area contributed by atoms with Gasteiger partial charge in [0, 0.05) is 25.8 Å². The van der Waals surface area contributed by atoms with Crippen molar-refractivity contribution in [3.63, 3.8) is 0 Å². The van der Waals surface area contributed by atoms with Gasteiger partial charge in [-0.15, -0.1) is 0 Å². The Kier molecular flexibility index (Phi) is 5.06. The largest absolute Gasteiger partial charge is 0.465 e. The lowest BCUT2D eigenvalue weighted by molar-refractivity contribution is 0.0602. The quantitative estimate of drug-likeness (QED) is 0.800. The molecule has 1 fully saturated rings. The molecule has 1 saturated heterocycles. The molecule has 1 aromatic heterocycles. The first-order valence-corrected chi connectivity index (χ1v) is 7.31. The van der Waals surface area contributed by atoms with Gasteiger partial charge in [0.05, 0.1) is 7.11 Å². The second kappa shape index (κ2) is 6.80. The number of nitrogen functional groups attached to an aromatic ring is 1. The van der Waals surface area contributed by atoms with Crippen LogP contribution in [-0.2, 0) is 16.0 Å². The van der Waals surface area contributed by atoms with Crippen molar-refractivity contribution in [1.82, 2.24) is 9.78 Å². The third kappa shape index (κ3) is 3.66. The number of aromatic nitrogens is 2. The zero-order valence-electron chi connectivity index (χ0n) is 12.9. The van der Waals surface area contributed by atoms with Crippen molar-refractivity contribution >= 4 is 17.6 Å². The van der Waals surface area contributed by atoms with Crippen LogP contribution < -0.4 is 11.1 Å². The van der Waals surface area contributed by atoms with Crippen LogP contribution in [-0.4, -0.2) is 42.1 Å². The minimum atomic E-state index is -0.461. The smallest absolute Gasteiger partial charge is 0.345 e. The highest BCUT2D eigenvalue weighted by Crippen LogP contribution is 2.25. The van der Waals surface area contributed by atoms with Crippen LogP contribution in [0.4, 0.5) is 11.6 Å². The zero-order chi connectivity index (χ0) is 15.4. The summed E-state index contributed by atoms with van der Waals surface area (Å²) in [5.74, 6) is 0.780. The van der Waals surface area contributed by atoms with Crippen molar-refractivity contribution in [2.45, 2.75) is 39.3 Å². The normalized spacial score (nSPS) is 16.2. The van der Waals surface area contributed by atoms with Gasteiger partial charge in [-0.05, 0) is 18.8 Å². The van der Waals surface area contributed by atoms with E-state index in [0.717, 1.165) is 12.8 Å². The molecule has 0 saturated carbocycles. The van der Waals surface area contributed by atoms with E-state index in [9.17, 15) is 4.79 Å². The number of carbonyl (C=O) groups excluding carboxylic acids is 1. The van der Waals surface area contributed by atoms with Gasteiger partial charge in [0.15, 0.2) is 5.82 Å². The van der Waals surface area contributed by atoms with Gasteiger partial charge in [0.2, 0.25) is 0 Å². The van der Waals surface area contributed by atoms with E-state index in [1.165, 1.54) is 7.11 Å². The summed E-state index contributed by atoms with van der Waals surface area (Å²) >= 11 is 0. The van der Waals surface area contributed by atoms with Gasteiger partial charge in [-0.2, -0.15) is 5.10 Å². The molecule has 0 unspecified atom stereocenters. The summed E-state index contributed by atoms with van der Waals surface area (Å²) in [6.45, 7) is 6.24. The van der Waals surface area contributed by atoms with Gasteiger partial charge in [-0.3, -0.25) is 0 Å². The predicted octanol–water partition coefficient (Wildman–Crippen LogP) is 1.50.